The number of benzene rings is 2. The molecule has 2 fully saturated rings. The number of carbonyl (C=O) groups is 2. The number of rotatable bonds is 8. The monoisotopic (exact) mass is 524 g/mol. The second-order valence-electron chi connectivity index (χ2n) is 11.2. The molecule has 4 rings (SSSR count). The van der Waals surface area contributed by atoms with E-state index in [9.17, 15) is 19.8 Å². The molecule has 2 aromatic rings. The van der Waals surface area contributed by atoms with E-state index in [4.69, 9.17) is 9.47 Å². The van der Waals surface area contributed by atoms with Gasteiger partial charge < -0.3 is 25.0 Å². The lowest BCUT2D eigenvalue weighted by atomic mass is 9.46. The summed E-state index contributed by atoms with van der Waals surface area (Å²) in [4.78, 5) is 25.7. The van der Waals surface area contributed by atoms with Crippen LogP contribution in [0.4, 0.5) is 10.5 Å². The number of nitrogens with one attached hydrogen (secondary N) is 2. The zero-order valence-electron chi connectivity index (χ0n) is 22.5. The van der Waals surface area contributed by atoms with Crippen LogP contribution in [-0.2, 0) is 16.1 Å². The van der Waals surface area contributed by atoms with Crippen molar-refractivity contribution in [3.63, 3.8) is 0 Å². The molecule has 2 saturated carbocycles. The maximum atomic E-state index is 12.9. The summed E-state index contributed by atoms with van der Waals surface area (Å²) in [7, 11) is 1.58. The summed E-state index contributed by atoms with van der Waals surface area (Å²) in [5, 5.41) is 27.4. The molecule has 0 saturated heterocycles. The summed E-state index contributed by atoms with van der Waals surface area (Å²) in [6, 6.07) is 16.7. The SMILES string of the molecule is COc1ccc(NC(=O)O[C@@H]2CC[C@]3(C)[C@H](CC[C@@H](O)[C@H]3CC(=O)NCc3ccccc3)[C@]2(C)CO)cc1. The summed E-state index contributed by atoms with van der Waals surface area (Å²) < 4.78 is 11.1. The summed E-state index contributed by atoms with van der Waals surface area (Å²) in [6.07, 6.45) is 0.997. The molecular weight excluding hydrogens is 484 g/mol. The Hall–Kier alpha value is -3.10. The minimum atomic E-state index is -0.705. The van der Waals surface area contributed by atoms with Crippen molar-refractivity contribution < 1.29 is 29.3 Å². The molecule has 6 atom stereocenters. The Morgan fingerprint density at radius 2 is 1.74 bits per heavy atom. The number of amides is 2. The zero-order chi connectivity index (χ0) is 27.3. The molecule has 0 radical (unpaired) electrons. The van der Waals surface area contributed by atoms with Crippen LogP contribution in [-0.4, -0.2) is 48.1 Å². The van der Waals surface area contributed by atoms with Crippen molar-refractivity contribution >= 4 is 17.7 Å². The van der Waals surface area contributed by atoms with E-state index < -0.39 is 23.7 Å². The average Bonchev–Trinajstić information content (AvgIpc) is 2.92. The fourth-order valence-electron chi connectivity index (χ4n) is 6.80. The third-order valence-electron chi connectivity index (χ3n) is 9.00. The van der Waals surface area contributed by atoms with E-state index in [0.717, 1.165) is 5.56 Å². The standard InChI is InChI=1S/C30H40N2O6/c1-29-16-15-26(38-28(36)32-21-9-11-22(37-3)12-10-21)30(2,19-33)25(29)14-13-24(34)23(29)17-27(35)31-18-20-7-5-4-6-8-20/h4-12,23-26,33-34H,13-19H2,1-3H3,(H,31,35)(H,32,36)/t23-,24-,25+,26-,29+,30+/m1/s1. The molecule has 0 aromatic heterocycles. The van der Waals surface area contributed by atoms with E-state index in [0.29, 0.717) is 43.7 Å². The zero-order valence-corrected chi connectivity index (χ0v) is 22.5. The van der Waals surface area contributed by atoms with Gasteiger partial charge in [-0.2, -0.15) is 0 Å². The van der Waals surface area contributed by atoms with Gasteiger partial charge in [-0.1, -0.05) is 44.2 Å². The Balaban J connectivity index is 1.44. The fraction of sp³-hybridized carbons (Fsp3) is 0.533. The topological polar surface area (TPSA) is 117 Å². The lowest BCUT2D eigenvalue weighted by Gasteiger charge is -2.60. The van der Waals surface area contributed by atoms with Crippen molar-refractivity contribution in [3.05, 3.63) is 60.2 Å². The predicted octanol–water partition coefficient (Wildman–Crippen LogP) is 4.50. The highest BCUT2D eigenvalue weighted by Crippen LogP contribution is 2.61. The third-order valence-corrected chi connectivity index (χ3v) is 9.00. The molecule has 2 aliphatic rings. The highest BCUT2D eigenvalue weighted by molar-refractivity contribution is 5.84. The van der Waals surface area contributed by atoms with E-state index in [1.165, 1.54) is 0 Å². The summed E-state index contributed by atoms with van der Waals surface area (Å²) in [5.41, 5.74) is 0.520. The first-order chi connectivity index (χ1) is 18.2. The molecule has 206 valence electrons. The van der Waals surface area contributed by atoms with Gasteiger partial charge in [0.15, 0.2) is 0 Å². The molecule has 0 heterocycles. The second kappa shape index (κ2) is 11.7. The van der Waals surface area contributed by atoms with Crippen molar-refractivity contribution in [1.29, 1.82) is 0 Å². The molecule has 8 heteroatoms. The Kier molecular flexibility index (Phi) is 8.63. The molecule has 0 spiro atoms. The van der Waals surface area contributed by atoms with Crippen LogP contribution >= 0.6 is 0 Å². The van der Waals surface area contributed by atoms with Crippen molar-refractivity contribution in [2.75, 3.05) is 19.0 Å². The Labute approximate surface area is 224 Å². The van der Waals surface area contributed by atoms with Crippen LogP contribution in [0.15, 0.2) is 54.6 Å². The minimum Gasteiger partial charge on any atom is -0.497 e. The molecule has 2 amide bonds. The van der Waals surface area contributed by atoms with Gasteiger partial charge in [0.1, 0.15) is 11.9 Å². The molecule has 4 N–H and O–H groups in total. The van der Waals surface area contributed by atoms with Crippen LogP contribution in [0.5, 0.6) is 5.75 Å². The third kappa shape index (κ3) is 5.81. The first-order valence-corrected chi connectivity index (χ1v) is 13.4. The van der Waals surface area contributed by atoms with Gasteiger partial charge in [-0.25, -0.2) is 4.79 Å². The van der Waals surface area contributed by atoms with Crippen LogP contribution in [0.1, 0.15) is 51.5 Å². The number of methoxy groups -OCH3 is 1. The normalized spacial score (nSPS) is 30.6. The first kappa shape index (κ1) is 27.9. The number of fused-ring (bicyclic) bond motifs is 1. The van der Waals surface area contributed by atoms with Gasteiger partial charge in [0, 0.05) is 24.1 Å². The highest BCUT2D eigenvalue weighted by Gasteiger charge is 2.60. The van der Waals surface area contributed by atoms with Gasteiger partial charge in [0.2, 0.25) is 5.91 Å². The number of aliphatic hydroxyl groups is 2. The van der Waals surface area contributed by atoms with Crippen molar-refractivity contribution in [1.82, 2.24) is 5.32 Å². The minimum absolute atomic E-state index is 0.0251. The number of carbonyl (C=O) groups excluding carboxylic acids is 2. The lowest BCUT2D eigenvalue weighted by molar-refractivity contribution is -0.185. The number of anilines is 1. The van der Waals surface area contributed by atoms with E-state index in [2.05, 4.69) is 17.6 Å². The molecule has 0 unspecified atom stereocenters. The Morgan fingerprint density at radius 1 is 1.03 bits per heavy atom. The maximum absolute atomic E-state index is 12.9. The highest BCUT2D eigenvalue weighted by atomic mass is 16.6. The quantitative estimate of drug-likeness (QED) is 0.404. The Morgan fingerprint density at radius 3 is 2.39 bits per heavy atom. The van der Waals surface area contributed by atoms with E-state index in [1.807, 2.05) is 37.3 Å². The van der Waals surface area contributed by atoms with Crippen molar-refractivity contribution in [3.8, 4) is 5.75 Å². The second-order valence-corrected chi connectivity index (χ2v) is 11.2. The summed E-state index contributed by atoms with van der Waals surface area (Å²) in [6.45, 7) is 4.37. The van der Waals surface area contributed by atoms with Crippen LogP contribution < -0.4 is 15.4 Å². The van der Waals surface area contributed by atoms with Gasteiger partial charge in [0.25, 0.3) is 0 Å². The van der Waals surface area contributed by atoms with Crippen molar-refractivity contribution in [2.24, 2.45) is 22.7 Å². The van der Waals surface area contributed by atoms with E-state index >= 15 is 0 Å². The molecule has 2 aliphatic carbocycles. The number of hydrogen-bond donors (Lipinski definition) is 4. The maximum Gasteiger partial charge on any atom is 0.411 e. The molecular formula is C30H40N2O6. The molecule has 2 aromatic carbocycles. The average molecular weight is 525 g/mol. The van der Waals surface area contributed by atoms with Crippen LogP contribution in [0, 0.1) is 22.7 Å². The van der Waals surface area contributed by atoms with Gasteiger partial charge in [-0.3, -0.25) is 10.1 Å². The smallest absolute Gasteiger partial charge is 0.411 e. The summed E-state index contributed by atoms with van der Waals surface area (Å²) >= 11 is 0. The lowest BCUT2D eigenvalue weighted by Crippen LogP contribution is -2.61. The van der Waals surface area contributed by atoms with Crippen molar-refractivity contribution in [2.45, 2.75) is 64.7 Å². The predicted molar refractivity (Wildman–Crippen MR) is 145 cm³/mol. The molecule has 8 nitrogen and oxygen atoms in total. The van der Waals surface area contributed by atoms with Gasteiger partial charge in [-0.15, -0.1) is 0 Å². The largest absolute Gasteiger partial charge is 0.497 e. The van der Waals surface area contributed by atoms with Gasteiger partial charge in [0.05, 0.1) is 19.8 Å². The molecule has 38 heavy (non-hydrogen) atoms. The van der Waals surface area contributed by atoms with Crippen LogP contribution in [0.2, 0.25) is 0 Å². The number of ether oxygens (including phenoxy) is 2. The van der Waals surface area contributed by atoms with Gasteiger partial charge in [-0.05, 0) is 72.8 Å². The number of aliphatic hydroxyl groups excluding tert-OH is 2. The van der Waals surface area contributed by atoms with Crippen LogP contribution in [0.3, 0.4) is 0 Å². The molecule has 0 aliphatic heterocycles. The Bertz CT molecular complexity index is 1090. The fourth-order valence-corrected chi connectivity index (χ4v) is 6.80. The van der Waals surface area contributed by atoms with E-state index in [-0.39, 0.29) is 36.2 Å². The number of hydrogen-bond acceptors (Lipinski definition) is 6. The van der Waals surface area contributed by atoms with Gasteiger partial charge >= 0.3 is 6.09 Å². The van der Waals surface area contributed by atoms with Crippen LogP contribution in [0.25, 0.3) is 0 Å². The van der Waals surface area contributed by atoms with E-state index in [1.54, 1.807) is 31.4 Å². The molecule has 0 bridgehead atoms. The first-order valence-electron chi connectivity index (χ1n) is 13.4. The summed E-state index contributed by atoms with van der Waals surface area (Å²) in [5.74, 6) is 0.314.